The molecule has 0 amide bonds. The maximum atomic E-state index is 6.05. The maximum absolute atomic E-state index is 6.05. The quantitative estimate of drug-likeness (QED) is 0.347. The Kier molecular flexibility index (Phi) is 11.6. The molecule has 5 nitrogen and oxygen atoms in total. The number of benzene rings is 1. The molecule has 0 aliphatic carbocycles. The van der Waals surface area contributed by atoms with Crippen LogP contribution in [0.4, 0.5) is 0 Å². The number of aliphatic imine (C=N–C) groups is 1. The van der Waals surface area contributed by atoms with Crippen molar-refractivity contribution in [2.75, 3.05) is 33.9 Å². The second-order valence-corrected chi connectivity index (χ2v) is 6.26. The van der Waals surface area contributed by atoms with Crippen LogP contribution >= 0.6 is 35.6 Å². The van der Waals surface area contributed by atoms with Crippen molar-refractivity contribution in [1.29, 1.82) is 0 Å². The molecule has 0 heterocycles. The largest absolute Gasteiger partial charge is 0.377 e. The van der Waals surface area contributed by atoms with E-state index in [2.05, 4.69) is 15.6 Å². The Labute approximate surface area is 167 Å². The number of ether oxygens (including phenoxy) is 2. The summed E-state index contributed by atoms with van der Waals surface area (Å²) in [6.07, 6.45) is -0.104. The molecule has 1 aromatic rings. The number of methoxy groups -OCH3 is 2. The molecule has 0 aromatic heterocycles. The fraction of sp³-hybridized carbons (Fsp3) is 0.588. The van der Waals surface area contributed by atoms with Crippen molar-refractivity contribution >= 4 is 41.5 Å². The molecule has 1 aromatic carbocycles. The third-order valence-electron chi connectivity index (χ3n) is 3.47. The molecule has 138 valence electrons. The van der Waals surface area contributed by atoms with Crippen LogP contribution in [-0.2, 0) is 9.47 Å². The van der Waals surface area contributed by atoms with Crippen LogP contribution in [-0.4, -0.2) is 45.4 Å². The van der Waals surface area contributed by atoms with Gasteiger partial charge in [-0.15, -0.1) is 24.0 Å². The van der Waals surface area contributed by atoms with E-state index in [1.165, 1.54) is 0 Å². The summed E-state index contributed by atoms with van der Waals surface area (Å²) in [4.78, 5) is 4.56. The predicted octanol–water partition coefficient (Wildman–Crippen LogP) is 3.63. The molecule has 1 rings (SSSR count). The summed E-state index contributed by atoms with van der Waals surface area (Å²) in [6.45, 7) is 7.98. The van der Waals surface area contributed by atoms with Crippen LogP contribution in [0.3, 0.4) is 0 Å². The molecule has 1 atom stereocenters. The van der Waals surface area contributed by atoms with Gasteiger partial charge in [-0.2, -0.15) is 0 Å². The lowest BCUT2D eigenvalue weighted by Crippen LogP contribution is -2.41. The highest BCUT2D eigenvalue weighted by atomic mass is 127. The normalized spacial score (nSPS) is 13.2. The highest BCUT2D eigenvalue weighted by Gasteiger charge is 2.16. The molecule has 1 unspecified atom stereocenters. The van der Waals surface area contributed by atoms with Crippen LogP contribution in [0.25, 0.3) is 0 Å². The first-order valence-electron chi connectivity index (χ1n) is 7.77. The van der Waals surface area contributed by atoms with Crippen LogP contribution in [0.15, 0.2) is 29.3 Å². The van der Waals surface area contributed by atoms with Gasteiger partial charge in [0.15, 0.2) is 5.96 Å². The molecular weight excluding hydrogens is 441 g/mol. The maximum Gasteiger partial charge on any atom is 0.191 e. The van der Waals surface area contributed by atoms with Gasteiger partial charge in [0.05, 0.1) is 18.2 Å². The zero-order valence-electron chi connectivity index (χ0n) is 15.1. The molecule has 0 fully saturated rings. The molecular formula is C17H29ClIN3O2. The number of guanidine groups is 1. The van der Waals surface area contributed by atoms with Gasteiger partial charge in [-0.25, -0.2) is 0 Å². The molecule has 0 aliphatic rings. The van der Waals surface area contributed by atoms with E-state index in [4.69, 9.17) is 21.1 Å². The first kappa shape index (κ1) is 23.4. The van der Waals surface area contributed by atoms with Crippen LogP contribution in [0.1, 0.15) is 32.4 Å². The van der Waals surface area contributed by atoms with E-state index in [0.29, 0.717) is 18.1 Å². The van der Waals surface area contributed by atoms with Crippen molar-refractivity contribution < 1.29 is 9.47 Å². The molecule has 0 saturated carbocycles. The Morgan fingerprint density at radius 1 is 1.29 bits per heavy atom. The van der Waals surface area contributed by atoms with Gasteiger partial charge < -0.3 is 20.1 Å². The summed E-state index contributed by atoms with van der Waals surface area (Å²) in [7, 11) is 3.38. The summed E-state index contributed by atoms with van der Waals surface area (Å²) < 4.78 is 11.0. The Balaban J connectivity index is 0.00000529. The number of halogens is 2. The fourth-order valence-electron chi connectivity index (χ4n) is 1.91. The van der Waals surface area contributed by atoms with Gasteiger partial charge in [-0.1, -0.05) is 23.7 Å². The number of hydrogen-bond donors (Lipinski definition) is 2. The van der Waals surface area contributed by atoms with Gasteiger partial charge in [0.25, 0.3) is 0 Å². The second kappa shape index (κ2) is 11.9. The van der Waals surface area contributed by atoms with Gasteiger partial charge in [-0.3, -0.25) is 4.99 Å². The van der Waals surface area contributed by atoms with Gasteiger partial charge in [-0.05, 0) is 38.5 Å². The number of nitrogens with zero attached hydrogens (tertiary/aromatic N) is 1. The Morgan fingerprint density at radius 2 is 2.00 bits per heavy atom. The van der Waals surface area contributed by atoms with Crippen molar-refractivity contribution in [3.8, 4) is 0 Å². The van der Waals surface area contributed by atoms with Crippen molar-refractivity contribution in [1.82, 2.24) is 10.6 Å². The first-order chi connectivity index (χ1) is 10.9. The summed E-state index contributed by atoms with van der Waals surface area (Å²) >= 11 is 6.05. The fourth-order valence-corrected chi connectivity index (χ4v) is 2.11. The summed E-state index contributed by atoms with van der Waals surface area (Å²) in [6, 6.07) is 7.68. The smallest absolute Gasteiger partial charge is 0.191 e. The molecule has 0 saturated heterocycles. The minimum absolute atomic E-state index is 0. The first-order valence-corrected chi connectivity index (χ1v) is 8.15. The van der Waals surface area contributed by atoms with E-state index in [1.807, 2.05) is 45.0 Å². The third-order valence-corrected chi connectivity index (χ3v) is 3.71. The summed E-state index contributed by atoms with van der Waals surface area (Å²) in [5.41, 5.74) is 0.733. The van der Waals surface area contributed by atoms with Crippen molar-refractivity contribution in [3.05, 3.63) is 34.9 Å². The second-order valence-electron chi connectivity index (χ2n) is 5.82. The average molecular weight is 470 g/mol. The van der Waals surface area contributed by atoms with Crippen LogP contribution in [0.5, 0.6) is 0 Å². The lowest BCUT2D eigenvalue weighted by Gasteiger charge is -2.22. The average Bonchev–Trinajstić information content (AvgIpc) is 2.53. The lowest BCUT2D eigenvalue weighted by atomic mass is 10.1. The highest BCUT2D eigenvalue weighted by molar-refractivity contribution is 14.0. The van der Waals surface area contributed by atoms with Crippen LogP contribution in [0.2, 0.25) is 5.02 Å². The molecule has 0 radical (unpaired) electrons. The van der Waals surface area contributed by atoms with Gasteiger partial charge in [0, 0.05) is 32.3 Å². The lowest BCUT2D eigenvalue weighted by molar-refractivity contribution is 0.0310. The van der Waals surface area contributed by atoms with E-state index in [9.17, 15) is 0 Å². The zero-order valence-corrected chi connectivity index (χ0v) is 18.1. The summed E-state index contributed by atoms with van der Waals surface area (Å²) in [5, 5.41) is 7.23. The molecule has 0 aliphatic heterocycles. The highest BCUT2D eigenvalue weighted by Crippen LogP contribution is 2.19. The molecule has 0 bridgehead atoms. The topological polar surface area (TPSA) is 54.9 Å². The molecule has 7 heteroatoms. The molecule has 2 N–H and O–H groups in total. The van der Waals surface area contributed by atoms with Crippen LogP contribution in [0, 0.1) is 0 Å². The van der Waals surface area contributed by atoms with Crippen molar-refractivity contribution in [2.45, 2.75) is 32.5 Å². The number of nitrogens with one attached hydrogen (secondary N) is 2. The zero-order chi connectivity index (χ0) is 17.3. The SMILES string of the molecule is CCNC(=NCC(C)(C)OC)NCC(OC)c1cccc(Cl)c1.I. The Bertz CT molecular complexity index is 512. The van der Waals surface area contributed by atoms with Gasteiger partial charge in [0.1, 0.15) is 0 Å². The Morgan fingerprint density at radius 3 is 2.54 bits per heavy atom. The van der Waals surface area contributed by atoms with E-state index in [0.717, 1.165) is 18.1 Å². The van der Waals surface area contributed by atoms with Crippen molar-refractivity contribution in [2.24, 2.45) is 4.99 Å². The number of rotatable bonds is 8. The van der Waals surface area contributed by atoms with Crippen LogP contribution < -0.4 is 10.6 Å². The number of hydrogen-bond acceptors (Lipinski definition) is 3. The minimum Gasteiger partial charge on any atom is -0.377 e. The summed E-state index contributed by atoms with van der Waals surface area (Å²) in [5.74, 6) is 0.738. The standard InChI is InChI=1S/C17H28ClN3O2.HI/c1-6-19-16(21-12-17(2,3)23-5)20-11-15(22-4)13-8-7-9-14(18)10-13;/h7-10,15H,6,11-12H2,1-5H3,(H2,19,20,21);1H. The van der Waals surface area contributed by atoms with Gasteiger partial charge in [0.2, 0.25) is 0 Å². The van der Waals surface area contributed by atoms with E-state index >= 15 is 0 Å². The van der Waals surface area contributed by atoms with E-state index in [1.54, 1.807) is 14.2 Å². The van der Waals surface area contributed by atoms with E-state index in [-0.39, 0.29) is 35.7 Å². The predicted molar refractivity (Wildman–Crippen MR) is 112 cm³/mol. The molecule has 0 spiro atoms. The van der Waals surface area contributed by atoms with Gasteiger partial charge >= 0.3 is 0 Å². The van der Waals surface area contributed by atoms with E-state index < -0.39 is 0 Å². The Hall–Kier alpha value is -0.570. The monoisotopic (exact) mass is 469 g/mol. The van der Waals surface area contributed by atoms with Crippen molar-refractivity contribution in [3.63, 3.8) is 0 Å². The molecule has 24 heavy (non-hydrogen) atoms. The third kappa shape index (κ3) is 8.50. The minimum atomic E-state index is -0.296.